The van der Waals surface area contributed by atoms with Crippen molar-refractivity contribution in [3.8, 4) is 0 Å². The van der Waals surface area contributed by atoms with Gasteiger partial charge >= 0.3 is 0 Å². The van der Waals surface area contributed by atoms with E-state index in [2.05, 4.69) is 4.98 Å². The van der Waals surface area contributed by atoms with E-state index in [0.29, 0.717) is 23.6 Å². The van der Waals surface area contributed by atoms with Gasteiger partial charge < -0.3 is 0 Å². The van der Waals surface area contributed by atoms with Crippen molar-refractivity contribution >= 4 is 15.7 Å². The molecule has 5 heteroatoms. The molecule has 0 saturated heterocycles. The molecule has 0 N–H and O–H groups in total. The zero-order chi connectivity index (χ0) is 13.5. The van der Waals surface area contributed by atoms with E-state index in [1.807, 2.05) is 6.92 Å². The second-order valence-electron chi connectivity index (χ2n) is 5.93. The first-order valence-electron chi connectivity index (χ1n) is 6.95. The van der Waals surface area contributed by atoms with Gasteiger partial charge in [0.1, 0.15) is 0 Å². The Hall–Kier alpha value is -1.10. The molecule has 0 atom stereocenters. The van der Waals surface area contributed by atoms with Crippen LogP contribution in [0.25, 0.3) is 0 Å². The Kier molecular flexibility index (Phi) is 3.04. The molecule has 1 aromatic heterocycles. The largest absolute Gasteiger partial charge is 0.269 e. The normalized spacial score (nSPS) is 21.1. The van der Waals surface area contributed by atoms with Crippen LogP contribution in [0.2, 0.25) is 0 Å². The van der Waals surface area contributed by atoms with Gasteiger partial charge in [-0.25, -0.2) is 8.42 Å². The molecule has 0 bridgehead atoms. The van der Waals surface area contributed by atoms with Crippen molar-refractivity contribution in [2.45, 2.75) is 32.6 Å². The summed E-state index contributed by atoms with van der Waals surface area (Å²) < 4.78 is 26.5. The van der Waals surface area contributed by atoms with Crippen LogP contribution in [0.4, 0.5) is 5.69 Å². The highest BCUT2D eigenvalue weighted by Gasteiger charge is 2.53. The van der Waals surface area contributed by atoms with Crippen LogP contribution in [0.3, 0.4) is 0 Å². The Balaban J connectivity index is 1.71. The Morgan fingerprint density at radius 3 is 2.68 bits per heavy atom. The third-order valence-electron chi connectivity index (χ3n) is 4.40. The molecule has 19 heavy (non-hydrogen) atoms. The lowest BCUT2D eigenvalue weighted by Crippen LogP contribution is -2.39. The minimum Gasteiger partial charge on any atom is -0.269 e. The van der Waals surface area contributed by atoms with Gasteiger partial charge in [-0.15, -0.1) is 0 Å². The average Bonchev–Trinajstić information content (AvgIpc) is 3.10. The molecule has 2 aliphatic carbocycles. The molecule has 0 radical (unpaired) electrons. The average molecular weight is 280 g/mol. The maximum atomic E-state index is 12.5. The highest BCUT2D eigenvalue weighted by molar-refractivity contribution is 7.92. The molecule has 2 saturated carbocycles. The van der Waals surface area contributed by atoms with E-state index in [-0.39, 0.29) is 5.75 Å². The summed E-state index contributed by atoms with van der Waals surface area (Å²) in [6, 6.07) is 3.58. The zero-order valence-corrected chi connectivity index (χ0v) is 12.1. The summed E-state index contributed by atoms with van der Waals surface area (Å²) in [6.45, 7) is 2.33. The maximum Gasteiger partial charge on any atom is 0.235 e. The standard InChI is InChI=1S/C14H20N2O2S/c1-2-16(13-4-3-7-15-10-13)19(17,18)11-12-8-14(9-12)5-6-14/h3-4,7,10,12H,2,5-6,8-9,11H2,1H3. The third kappa shape index (κ3) is 2.48. The van der Waals surface area contributed by atoms with Gasteiger partial charge in [0, 0.05) is 12.7 Å². The summed E-state index contributed by atoms with van der Waals surface area (Å²) in [5, 5.41) is 0. The van der Waals surface area contributed by atoms with Crippen LogP contribution in [0.1, 0.15) is 32.6 Å². The Morgan fingerprint density at radius 2 is 2.16 bits per heavy atom. The van der Waals surface area contributed by atoms with Crippen LogP contribution in [0.5, 0.6) is 0 Å². The van der Waals surface area contributed by atoms with Gasteiger partial charge in [-0.2, -0.15) is 0 Å². The van der Waals surface area contributed by atoms with Gasteiger partial charge in [0.2, 0.25) is 10.0 Å². The Morgan fingerprint density at radius 1 is 1.42 bits per heavy atom. The Labute approximate surface area is 114 Å². The first kappa shape index (κ1) is 12.9. The topological polar surface area (TPSA) is 50.3 Å². The van der Waals surface area contributed by atoms with E-state index in [4.69, 9.17) is 0 Å². The van der Waals surface area contributed by atoms with E-state index >= 15 is 0 Å². The number of sulfonamides is 1. The van der Waals surface area contributed by atoms with Crippen LogP contribution in [0.15, 0.2) is 24.5 Å². The van der Waals surface area contributed by atoms with Crippen molar-refractivity contribution in [2.75, 3.05) is 16.6 Å². The van der Waals surface area contributed by atoms with Crippen molar-refractivity contribution in [3.63, 3.8) is 0 Å². The predicted octanol–water partition coefficient (Wildman–Crippen LogP) is 2.43. The second kappa shape index (κ2) is 4.47. The third-order valence-corrected chi connectivity index (χ3v) is 6.44. The lowest BCUT2D eigenvalue weighted by Gasteiger charge is -2.37. The fourth-order valence-corrected chi connectivity index (χ4v) is 5.13. The number of pyridine rings is 1. The SMILES string of the molecule is CCN(c1cccnc1)S(=O)(=O)CC1CC2(CC2)C1. The van der Waals surface area contributed by atoms with Gasteiger partial charge in [-0.1, -0.05) is 0 Å². The van der Waals surface area contributed by atoms with Crippen molar-refractivity contribution in [2.24, 2.45) is 11.3 Å². The van der Waals surface area contributed by atoms with E-state index < -0.39 is 10.0 Å². The van der Waals surface area contributed by atoms with Crippen molar-refractivity contribution < 1.29 is 8.42 Å². The molecule has 1 spiro atoms. The predicted molar refractivity (Wildman–Crippen MR) is 75.4 cm³/mol. The zero-order valence-electron chi connectivity index (χ0n) is 11.2. The molecular formula is C14H20N2O2S. The molecule has 104 valence electrons. The summed E-state index contributed by atoms with van der Waals surface area (Å²) in [7, 11) is -3.21. The number of hydrogen-bond acceptors (Lipinski definition) is 3. The highest BCUT2D eigenvalue weighted by atomic mass is 32.2. The van der Waals surface area contributed by atoms with Gasteiger partial charge in [-0.05, 0) is 56.1 Å². The van der Waals surface area contributed by atoms with Crippen LogP contribution in [-0.2, 0) is 10.0 Å². The van der Waals surface area contributed by atoms with E-state index in [0.717, 1.165) is 12.8 Å². The lowest BCUT2D eigenvalue weighted by molar-refractivity contribution is 0.189. The van der Waals surface area contributed by atoms with Crippen LogP contribution < -0.4 is 4.31 Å². The van der Waals surface area contributed by atoms with Crippen molar-refractivity contribution in [1.29, 1.82) is 0 Å². The van der Waals surface area contributed by atoms with Gasteiger partial charge in [0.25, 0.3) is 0 Å². The molecule has 0 aliphatic heterocycles. The van der Waals surface area contributed by atoms with Gasteiger partial charge in [-0.3, -0.25) is 9.29 Å². The molecule has 1 aromatic rings. The molecule has 0 amide bonds. The maximum absolute atomic E-state index is 12.5. The fourth-order valence-electron chi connectivity index (χ4n) is 3.30. The summed E-state index contributed by atoms with van der Waals surface area (Å²) in [4.78, 5) is 4.01. The molecule has 0 aromatic carbocycles. The van der Waals surface area contributed by atoms with E-state index in [9.17, 15) is 8.42 Å². The van der Waals surface area contributed by atoms with Gasteiger partial charge in [0.05, 0.1) is 17.6 Å². The highest BCUT2D eigenvalue weighted by Crippen LogP contribution is 2.63. The number of hydrogen-bond donors (Lipinski definition) is 0. The van der Waals surface area contributed by atoms with Gasteiger partial charge in [0.15, 0.2) is 0 Å². The smallest absolute Gasteiger partial charge is 0.235 e. The number of aromatic nitrogens is 1. The number of anilines is 1. The Bertz CT molecular complexity index is 544. The summed E-state index contributed by atoms with van der Waals surface area (Å²) in [6.07, 6.45) is 8.11. The summed E-state index contributed by atoms with van der Waals surface area (Å²) in [5.74, 6) is 0.649. The van der Waals surface area contributed by atoms with E-state index in [1.165, 1.54) is 17.1 Å². The minimum absolute atomic E-state index is 0.289. The second-order valence-corrected chi connectivity index (χ2v) is 7.87. The van der Waals surface area contributed by atoms with Crippen LogP contribution in [-0.4, -0.2) is 25.7 Å². The number of nitrogens with zero attached hydrogens (tertiary/aromatic N) is 2. The fraction of sp³-hybridized carbons (Fsp3) is 0.643. The lowest BCUT2D eigenvalue weighted by atomic mass is 9.73. The molecule has 3 rings (SSSR count). The molecule has 2 fully saturated rings. The van der Waals surface area contributed by atoms with Crippen molar-refractivity contribution in [1.82, 2.24) is 4.98 Å². The van der Waals surface area contributed by atoms with Crippen LogP contribution in [0, 0.1) is 11.3 Å². The molecular weight excluding hydrogens is 260 g/mol. The first-order chi connectivity index (χ1) is 9.05. The minimum atomic E-state index is -3.21. The molecule has 2 aliphatic rings. The van der Waals surface area contributed by atoms with Crippen LogP contribution >= 0.6 is 0 Å². The monoisotopic (exact) mass is 280 g/mol. The molecule has 1 heterocycles. The van der Waals surface area contributed by atoms with E-state index in [1.54, 1.807) is 24.5 Å². The van der Waals surface area contributed by atoms with Crippen molar-refractivity contribution in [3.05, 3.63) is 24.5 Å². The molecule has 0 unspecified atom stereocenters. The number of rotatable bonds is 5. The summed E-state index contributed by atoms with van der Waals surface area (Å²) in [5.41, 5.74) is 1.23. The molecule has 4 nitrogen and oxygen atoms in total. The quantitative estimate of drug-likeness (QED) is 0.832. The first-order valence-corrected chi connectivity index (χ1v) is 8.56. The summed E-state index contributed by atoms with van der Waals surface area (Å²) >= 11 is 0.